The molecule has 2 atom stereocenters. The van der Waals surface area contributed by atoms with E-state index < -0.39 is 15.8 Å². The van der Waals surface area contributed by atoms with E-state index >= 15 is 0 Å². The van der Waals surface area contributed by atoms with Crippen LogP contribution in [-0.2, 0) is 10.0 Å². The summed E-state index contributed by atoms with van der Waals surface area (Å²) in [6.07, 6.45) is 1.38. The molecule has 102 valence electrons. The minimum atomic E-state index is -4.41. The standard InChI is InChI=1S/C10H20F2N2O2S/c1-3-8-7-14(17(15,16)10(11)12)6-5-9(8)13-4-2/h8-10,13H,3-7H2,1-2H3. The van der Waals surface area contributed by atoms with Gasteiger partial charge in [-0.2, -0.15) is 13.1 Å². The minimum Gasteiger partial charge on any atom is -0.314 e. The highest BCUT2D eigenvalue weighted by atomic mass is 32.2. The molecule has 17 heavy (non-hydrogen) atoms. The molecule has 1 rings (SSSR count). The first-order chi connectivity index (χ1) is 7.93. The van der Waals surface area contributed by atoms with Crippen molar-refractivity contribution in [2.45, 2.75) is 38.5 Å². The Hall–Kier alpha value is -0.270. The van der Waals surface area contributed by atoms with Crippen LogP contribution in [0.1, 0.15) is 26.7 Å². The van der Waals surface area contributed by atoms with Crippen LogP contribution >= 0.6 is 0 Å². The van der Waals surface area contributed by atoms with Crippen molar-refractivity contribution in [3.63, 3.8) is 0 Å². The molecule has 4 nitrogen and oxygen atoms in total. The van der Waals surface area contributed by atoms with Gasteiger partial charge in [0.2, 0.25) is 0 Å². The number of alkyl halides is 2. The van der Waals surface area contributed by atoms with Gasteiger partial charge in [0.1, 0.15) is 0 Å². The highest BCUT2D eigenvalue weighted by molar-refractivity contribution is 7.89. The summed E-state index contributed by atoms with van der Waals surface area (Å²) in [4.78, 5) is 0. The molecule has 1 fully saturated rings. The smallest absolute Gasteiger partial charge is 0.314 e. The fourth-order valence-electron chi connectivity index (χ4n) is 2.29. The van der Waals surface area contributed by atoms with Crippen molar-refractivity contribution in [1.82, 2.24) is 9.62 Å². The van der Waals surface area contributed by atoms with Gasteiger partial charge < -0.3 is 5.32 Å². The molecular formula is C10H20F2N2O2S. The van der Waals surface area contributed by atoms with Crippen LogP contribution in [0, 0.1) is 5.92 Å². The average molecular weight is 270 g/mol. The summed E-state index contributed by atoms with van der Waals surface area (Å²) in [7, 11) is -4.41. The molecular weight excluding hydrogens is 250 g/mol. The number of piperidine rings is 1. The molecule has 0 aliphatic carbocycles. The second-order valence-corrected chi connectivity index (χ2v) is 6.19. The third-order valence-electron chi connectivity index (χ3n) is 3.27. The van der Waals surface area contributed by atoms with E-state index in [9.17, 15) is 17.2 Å². The van der Waals surface area contributed by atoms with E-state index in [1.54, 1.807) is 0 Å². The van der Waals surface area contributed by atoms with E-state index in [2.05, 4.69) is 5.32 Å². The lowest BCUT2D eigenvalue weighted by atomic mass is 9.91. The minimum absolute atomic E-state index is 0.109. The summed E-state index contributed by atoms with van der Waals surface area (Å²) in [5.41, 5.74) is 0. The number of hydrogen-bond acceptors (Lipinski definition) is 3. The van der Waals surface area contributed by atoms with Gasteiger partial charge >= 0.3 is 5.76 Å². The van der Waals surface area contributed by atoms with E-state index in [0.717, 1.165) is 17.3 Å². The summed E-state index contributed by atoms with van der Waals surface area (Å²) in [5.74, 6) is -3.20. The van der Waals surface area contributed by atoms with Crippen molar-refractivity contribution in [2.24, 2.45) is 5.92 Å². The van der Waals surface area contributed by atoms with E-state index in [0.29, 0.717) is 6.42 Å². The van der Waals surface area contributed by atoms with Crippen LogP contribution in [0.25, 0.3) is 0 Å². The van der Waals surface area contributed by atoms with Crippen molar-refractivity contribution in [2.75, 3.05) is 19.6 Å². The van der Waals surface area contributed by atoms with E-state index in [4.69, 9.17) is 0 Å². The molecule has 0 radical (unpaired) electrons. The quantitative estimate of drug-likeness (QED) is 0.818. The predicted octanol–water partition coefficient (Wildman–Crippen LogP) is 1.25. The Labute approximate surface area is 101 Å². The summed E-state index contributed by atoms with van der Waals surface area (Å²) in [6.45, 7) is 5.12. The van der Waals surface area contributed by atoms with Crippen LogP contribution in [0.15, 0.2) is 0 Å². The molecule has 0 aromatic carbocycles. The lowest BCUT2D eigenvalue weighted by Crippen LogP contribution is -2.51. The van der Waals surface area contributed by atoms with Crippen molar-refractivity contribution in [3.8, 4) is 0 Å². The molecule has 0 saturated carbocycles. The molecule has 1 heterocycles. The van der Waals surface area contributed by atoms with Crippen molar-refractivity contribution in [3.05, 3.63) is 0 Å². The number of nitrogens with zero attached hydrogens (tertiary/aromatic N) is 1. The fraction of sp³-hybridized carbons (Fsp3) is 1.00. The first-order valence-corrected chi connectivity index (χ1v) is 7.44. The zero-order valence-electron chi connectivity index (χ0n) is 10.2. The van der Waals surface area contributed by atoms with Gasteiger partial charge in [0, 0.05) is 19.1 Å². The van der Waals surface area contributed by atoms with Crippen LogP contribution in [0.5, 0.6) is 0 Å². The zero-order valence-corrected chi connectivity index (χ0v) is 11.0. The Morgan fingerprint density at radius 1 is 1.41 bits per heavy atom. The van der Waals surface area contributed by atoms with Gasteiger partial charge in [0.25, 0.3) is 10.0 Å². The van der Waals surface area contributed by atoms with Gasteiger partial charge in [0.15, 0.2) is 0 Å². The van der Waals surface area contributed by atoms with E-state index in [1.165, 1.54) is 0 Å². The van der Waals surface area contributed by atoms with Gasteiger partial charge in [-0.15, -0.1) is 0 Å². The number of nitrogens with one attached hydrogen (secondary N) is 1. The maximum atomic E-state index is 12.4. The van der Waals surface area contributed by atoms with Gasteiger partial charge in [-0.25, -0.2) is 8.42 Å². The van der Waals surface area contributed by atoms with Crippen LogP contribution in [0.2, 0.25) is 0 Å². The summed E-state index contributed by atoms with van der Waals surface area (Å²) >= 11 is 0. The molecule has 1 aliphatic heterocycles. The Morgan fingerprint density at radius 2 is 2.06 bits per heavy atom. The maximum Gasteiger partial charge on any atom is 0.350 e. The molecule has 2 unspecified atom stereocenters. The summed E-state index contributed by atoms with van der Waals surface area (Å²) in [5, 5.41) is 3.28. The van der Waals surface area contributed by atoms with Gasteiger partial charge in [0.05, 0.1) is 0 Å². The third kappa shape index (κ3) is 3.35. The van der Waals surface area contributed by atoms with Gasteiger partial charge in [-0.3, -0.25) is 0 Å². The van der Waals surface area contributed by atoms with Crippen LogP contribution in [-0.4, -0.2) is 44.2 Å². The topological polar surface area (TPSA) is 49.4 Å². The lowest BCUT2D eigenvalue weighted by molar-refractivity contribution is 0.177. The Kier molecular flexibility index (Phi) is 5.27. The summed E-state index contributed by atoms with van der Waals surface area (Å²) < 4.78 is 48.5. The Morgan fingerprint density at radius 3 is 2.53 bits per heavy atom. The predicted molar refractivity (Wildman–Crippen MR) is 62.4 cm³/mol. The lowest BCUT2D eigenvalue weighted by Gasteiger charge is -2.37. The normalized spacial score (nSPS) is 27.6. The molecule has 1 saturated heterocycles. The summed E-state index contributed by atoms with van der Waals surface area (Å²) in [6, 6.07) is 0.231. The first-order valence-electron chi connectivity index (χ1n) is 5.94. The van der Waals surface area contributed by atoms with Gasteiger partial charge in [-0.05, 0) is 18.9 Å². The molecule has 0 spiro atoms. The highest BCUT2D eigenvalue weighted by Gasteiger charge is 2.38. The van der Waals surface area contributed by atoms with Crippen molar-refractivity contribution in [1.29, 1.82) is 0 Å². The van der Waals surface area contributed by atoms with Gasteiger partial charge in [-0.1, -0.05) is 20.3 Å². The molecule has 7 heteroatoms. The number of halogens is 2. The molecule has 0 aromatic rings. The molecule has 0 bridgehead atoms. The van der Waals surface area contributed by atoms with Crippen LogP contribution in [0.3, 0.4) is 0 Å². The largest absolute Gasteiger partial charge is 0.350 e. The second-order valence-electron chi connectivity index (χ2n) is 4.28. The Balaban J connectivity index is 2.72. The third-order valence-corrected chi connectivity index (χ3v) is 4.77. The number of rotatable bonds is 5. The van der Waals surface area contributed by atoms with Crippen molar-refractivity contribution < 1.29 is 17.2 Å². The molecule has 1 N–H and O–H groups in total. The molecule has 0 aromatic heterocycles. The highest BCUT2D eigenvalue weighted by Crippen LogP contribution is 2.24. The van der Waals surface area contributed by atoms with E-state index in [-0.39, 0.29) is 25.0 Å². The molecule has 1 aliphatic rings. The van der Waals surface area contributed by atoms with E-state index in [1.807, 2.05) is 13.8 Å². The average Bonchev–Trinajstić information content (AvgIpc) is 2.29. The maximum absolute atomic E-state index is 12.4. The second kappa shape index (κ2) is 6.06. The van der Waals surface area contributed by atoms with Crippen LogP contribution in [0.4, 0.5) is 8.78 Å². The zero-order chi connectivity index (χ0) is 13.1. The number of hydrogen-bond donors (Lipinski definition) is 1. The first kappa shape index (κ1) is 14.8. The van der Waals surface area contributed by atoms with Crippen LogP contribution < -0.4 is 5.32 Å². The Bertz CT molecular complexity index is 335. The fourth-order valence-corrected chi connectivity index (χ4v) is 3.27. The number of sulfonamides is 1. The SMILES string of the molecule is CCNC1CCN(S(=O)(=O)C(F)F)CC1CC. The molecule has 0 amide bonds. The monoisotopic (exact) mass is 270 g/mol. The van der Waals surface area contributed by atoms with Crippen molar-refractivity contribution >= 4 is 10.0 Å².